The van der Waals surface area contributed by atoms with Gasteiger partial charge in [-0.2, -0.15) is 0 Å². The molecule has 1 atom stereocenters. The molecule has 4 aromatic rings. The minimum atomic E-state index is -0.755. The van der Waals surface area contributed by atoms with Gasteiger partial charge in [-0.25, -0.2) is 4.39 Å². The molecule has 6 nitrogen and oxygen atoms in total. The third-order valence-electron chi connectivity index (χ3n) is 5.13. The molecule has 168 valence electrons. The number of hydrogen-bond donors (Lipinski definition) is 1. The van der Waals surface area contributed by atoms with Crippen LogP contribution in [0.2, 0.25) is 0 Å². The van der Waals surface area contributed by atoms with E-state index in [2.05, 4.69) is 29.4 Å². The molecule has 1 heterocycles. The molecule has 0 unspecified atom stereocenters. The molecule has 0 aliphatic rings. The topological polar surface area (TPSA) is 77.2 Å². The summed E-state index contributed by atoms with van der Waals surface area (Å²) in [4.78, 5) is 12.7. The van der Waals surface area contributed by atoms with E-state index >= 15 is 0 Å². The minimum Gasteiger partial charge on any atom is -0.484 e. The molecule has 0 spiro atoms. The van der Waals surface area contributed by atoms with Crippen LogP contribution < -0.4 is 10.1 Å². The number of ether oxygens (including phenoxy) is 1. The normalized spacial score (nSPS) is 11.9. The smallest absolute Gasteiger partial charge is 0.258 e. The van der Waals surface area contributed by atoms with Gasteiger partial charge in [-0.05, 0) is 53.4 Å². The summed E-state index contributed by atoms with van der Waals surface area (Å²) < 4.78 is 24.9. The van der Waals surface area contributed by atoms with Gasteiger partial charge in [-0.1, -0.05) is 56.3 Å². The maximum Gasteiger partial charge on any atom is 0.258 e. The van der Waals surface area contributed by atoms with E-state index in [9.17, 15) is 9.18 Å². The molecule has 33 heavy (non-hydrogen) atoms. The van der Waals surface area contributed by atoms with Crippen LogP contribution in [-0.2, 0) is 4.79 Å². The van der Waals surface area contributed by atoms with E-state index in [-0.39, 0.29) is 24.2 Å². The van der Waals surface area contributed by atoms with Crippen LogP contribution in [-0.4, -0.2) is 22.7 Å². The van der Waals surface area contributed by atoms with E-state index in [0.29, 0.717) is 23.1 Å². The molecule has 7 heteroatoms. The van der Waals surface area contributed by atoms with E-state index in [0.717, 1.165) is 5.56 Å². The molecule has 3 aromatic carbocycles. The fourth-order valence-electron chi connectivity index (χ4n) is 3.29. The minimum absolute atomic E-state index is 0.190. The lowest BCUT2D eigenvalue weighted by Gasteiger charge is -2.16. The monoisotopic (exact) mass is 445 g/mol. The number of rotatable bonds is 8. The lowest BCUT2D eigenvalue weighted by atomic mass is 10.0. The second kappa shape index (κ2) is 10.1. The van der Waals surface area contributed by atoms with Gasteiger partial charge < -0.3 is 14.5 Å². The highest BCUT2D eigenvalue weighted by molar-refractivity contribution is 5.78. The third kappa shape index (κ3) is 5.63. The van der Waals surface area contributed by atoms with Crippen molar-refractivity contribution in [1.29, 1.82) is 0 Å². The molecule has 4 rings (SSSR count). The number of nitrogens with one attached hydrogen (secondary N) is 1. The van der Waals surface area contributed by atoms with E-state index in [1.807, 2.05) is 54.6 Å². The molecule has 0 saturated heterocycles. The molecule has 0 aliphatic carbocycles. The van der Waals surface area contributed by atoms with Crippen LogP contribution in [0.3, 0.4) is 0 Å². The highest BCUT2D eigenvalue weighted by Gasteiger charge is 2.24. The van der Waals surface area contributed by atoms with Gasteiger partial charge in [0, 0.05) is 5.56 Å². The van der Waals surface area contributed by atoms with Crippen LogP contribution >= 0.6 is 0 Å². The van der Waals surface area contributed by atoms with Crippen LogP contribution in [0.1, 0.15) is 42.8 Å². The zero-order valence-corrected chi connectivity index (χ0v) is 18.4. The summed E-state index contributed by atoms with van der Waals surface area (Å²) in [5.41, 5.74) is 2.55. The second-order valence-electron chi connectivity index (χ2n) is 7.88. The molecule has 1 amide bonds. The number of halogens is 1. The molecule has 1 N–H and O–H groups in total. The fourth-order valence-corrected chi connectivity index (χ4v) is 3.29. The second-order valence-corrected chi connectivity index (χ2v) is 7.88. The van der Waals surface area contributed by atoms with Crippen molar-refractivity contribution in [2.24, 2.45) is 0 Å². The highest BCUT2D eigenvalue weighted by atomic mass is 19.1. The first-order chi connectivity index (χ1) is 16.0. The number of amides is 1. The summed E-state index contributed by atoms with van der Waals surface area (Å²) >= 11 is 0. The molecule has 0 bridgehead atoms. The summed E-state index contributed by atoms with van der Waals surface area (Å²) in [7, 11) is 0. The maximum absolute atomic E-state index is 13.5. The Bertz CT molecular complexity index is 1190. The van der Waals surface area contributed by atoms with Gasteiger partial charge in [0.2, 0.25) is 11.8 Å². The fraction of sp³-hybridized carbons (Fsp3) is 0.192. The number of hydrogen-bond acceptors (Lipinski definition) is 5. The van der Waals surface area contributed by atoms with E-state index in [1.54, 1.807) is 12.1 Å². The summed E-state index contributed by atoms with van der Waals surface area (Å²) in [6, 6.07) is 21.9. The first-order valence-electron chi connectivity index (χ1n) is 10.7. The Morgan fingerprint density at radius 3 is 2.27 bits per heavy atom. The summed E-state index contributed by atoms with van der Waals surface area (Å²) in [5.74, 6) is 0.763. The molecule has 0 radical (unpaired) electrons. The van der Waals surface area contributed by atoms with Crippen LogP contribution in [0.25, 0.3) is 11.5 Å². The van der Waals surface area contributed by atoms with Crippen LogP contribution in [0.15, 0.2) is 83.3 Å². The Hall–Kier alpha value is -4.00. The van der Waals surface area contributed by atoms with Crippen LogP contribution in [0.4, 0.5) is 4.39 Å². The average molecular weight is 445 g/mol. The SMILES string of the molecule is CC(C)c1ccc(OCC(=O)N[C@@H](c2ccc(F)cc2)c2nnc(-c3ccccc3)o2)cc1. The van der Waals surface area contributed by atoms with Gasteiger partial charge >= 0.3 is 0 Å². The van der Waals surface area contributed by atoms with Gasteiger partial charge in [0.25, 0.3) is 5.91 Å². The van der Waals surface area contributed by atoms with Gasteiger partial charge in [0.15, 0.2) is 6.61 Å². The van der Waals surface area contributed by atoms with Crippen molar-refractivity contribution < 1.29 is 18.3 Å². The maximum atomic E-state index is 13.5. The van der Waals surface area contributed by atoms with Gasteiger partial charge in [0.05, 0.1) is 0 Å². The summed E-state index contributed by atoms with van der Waals surface area (Å²) in [6.45, 7) is 4.03. The van der Waals surface area contributed by atoms with Crippen molar-refractivity contribution in [3.8, 4) is 17.2 Å². The standard InChI is InChI=1S/C26H24FN3O3/c1-17(2)18-10-14-22(15-11-18)32-16-23(31)28-24(19-8-12-21(27)13-9-19)26-30-29-25(33-26)20-6-4-3-5-7-20/h3-15,17,24H,16H2,1-2H3,(H,28,31)/t24-/m0/s1. The summed E-state index contributed by atoms with van der Waals surface area (Å²) in [5, 5.41) is 11.1. The molecule has 0 aliphatic heterocycles. The highest BCUT2D eigenvalue weighted by Crippen LogP contribution is 2.25. The zero-order chi connectivity index (χ0) is 23.2. The number of benzene rings is 3. The molecular weight excluding hydrogens is 421 g/mol. The summed E-state index contributed by atoms with van der Waals surface area (Å²) in [6.07, 6.45) is 0. The van der Waals surface area contributed by atoms with Gasteiger partial charge in [-0.15, -0.1) is 10.2 Å². The molecule has 0 fully saturated rings. The first-order valence-corrected chi connectivity index (χ1v) is 10.7. The molecule has 0 saturated carbocycles. The number of nitrogens with zero attached hydrogens (tertiary/aromatic N) is 2. The Morgan fingerprint density at radius 2 is 1.61 bits per heavy atom. The molecule has 1 aromatic heterocycles. The van der Waals surface area contributed by atoms with E-state index < -0.39 is 6.04 Å². The number of carbonyl (C=O) groups is 1. The Balaban J connectivity index is 1.50. The predicted molar refractivity (Wildman–Crippen MR) is 122 cm³/mol. The number of aromatic nitrogens is 2. The Labute approximate surface area is 191 Å². The van der Waals surface area contributed by atoms with Gasteiger partial charge in [0.1, 0.15) is 17.6 Å². The Morgan fingerprint density at radius 1 is 0.939 bits per heavy atom. The van der Waals surface area contributed by atoms with E-state index in [1.165, 1.54) is 17.7 Å². The van der Waals surface area contributed by atoms with Crippen molar-refractivity contribution >= 4 is 5.91 Å². The first kappa shape index (κ1) is 22.2. The quantitative estimate of drug-likeness (QED) is 0.399. The predicted octanol–water partition coefficient (Wildman–Crippen LogP) is 5.28. The largest absolute Gasteiger partial charge is 0.484 e. The van der Waals surface area contributed by atoms with Crippen molar-refractivity contribution in [3.05, 3.63) is 102 Å². The van der Waals surface area contributed by atoms with Crippen LogP contribution in [0, 0.1) is 5.82 Å². The lowest BCUT2D eigenvalue weighted by molar-refractivity contribution is -0.123. The average Bonchev–Trinajstić information content (AvgIpc) is 3.33. The number of carbonyl (C=O) groups excluding carboxylic acids is 1. The lowest BCUT2D eigenvalue weighted by Crippen LogP contribution is -2.33. The van der Waals surface area contributed by atoms with Crippen molar-refractivity contribution in [2.75, 3.05) is 6.61 Å². The molecular formula is C26H24FN3O3. The van der Waals surface area contributed by atoms with Crippen molar-refractivity contribution in [2.45, 2.75) is 25.8 Å². The Kier molecular flexibility index (Phi) is 6.78. The van der Waals surface area contributed by atoms with Crippen LogP contribution in [0.5, 0.6) is 5.75 Å². The zero-order valence-electron chi connectivity index (χ0n) is 18.4. The third-order valence-corrected chi connectivity index (χ3v) is 5.13. The van der Waals surface area contributed by atoms with E-state index in [4.69, 9.17) is 9.15 Å². The van der Waals surface area contributed by atoms with Crippen molar-refractivity contribution in [1.82, 2.24) is 15.5 Å². The van der Waals surface area contributed by atoms with Gasteiger partial charge in [-0.3, -0.25) is 4.79 Å². The van der Waals surface area contributed by atoms with Crippen molar-refractivity contribution in [3.63, 3.8) is 0 Å².